The van der Waals surface area contributed by atoms with E-state index in [0.29, 0.717) is 17.8 Å². The molecule has 2 fully saturated rings. The number of rotatable bonds is 5. The van der Waals surface area contributed by atoms with Gasteiger partial charge in [-0.05, 0) is 116 Å². The zero-order valence-electron chi connectivity index (χ0n) is 17.7. The zero-order valence-corrected chi connectivity index (χ0v) is 17.7. The fraction of sp³-hybridized carbons (Fsp3) is 0.692. The van der Waals surface area contributed by atoms with Gasteiger partial charge in [-0.3, -0.25) is 0 Å². The van der Waals surface area contributed by atoms with Crippen LogP contribution in [0, 0.1) is 29.5 Å². The van der Waals surface area contributed by atoms with E-state index in [0.717, 1.165) is 62.8 Å². The summed E-state index contributed by atoms with van der Waals surface area (Å²) in [5, 5.41) is 0. The van der Waals surface area contributed by atoms with Crippen LogP contribution < -0.4 is 0 Å². The molecule has 0 N–H and O–H groups in total. The Morgan fingerprint density at radius 1 is 1.00 bits per heavy atom. The van der Waals surface area contributed by atoms with Crippen molar-refractivity contribution in [3.63, 3.8) is 0 Å². The average Bonchev–Trinajstić information content (AvgIpc) is 2.70. The van der Waals surface area contributed by atoms with Gasteiger partial charge in [0.05, 0.1) is 0 Å². The van der Waals surface area contributed by atoms with Gasteiger partial charge < -0.3 is 0 Å². The van der Waals surface area contributed by atoms with Crippen molar-refractivity contribution in [3.05, 3.63) is 46.8 Å². The van der Waals surface area contributed by atoms with Crippen LogP contribution in [0.1, 0.15) is 93.7 Å². The van der Waals surface area contributed by atoms with Gasteiger partial charge in [0, 0.05) is 0 Å². The minimum atomic E-state index is -1.53. The van der Waals surface area contributed by atoms with E-state index < -0.39 is 6.08 Å². The van der Waals surface area contributed by atoms with Gasteiger partial charge in [-0.2, -0.15) is 8.78 Å². The van der Waals surface area contributed by atoms with Crippen molar-refractivity contribution in [2.24, 2.45) is 23.7 Å². The van der Waals surface area contributed by atoms with E-state index in [9.17, 15) is 8.78 Å². The highest BCUT2D eigenvalue weighted by atomic mass is 19.3. The van der Waals surface area contributed by atoms with E-state index in [2.05, 4.69) is 13.0 Å². The Balaban J connectivity index is 1.42. The van der Waals surface area contributed by atoms with Crippen molar-refractivity contribution in [1.29, 1.82) is 0 Å². The van der Waals surface area contributed by atoms with Crippen LogP contribution in [0.25, 0.3) is 0 Å². The van der Waals surface area contributed by atoms with E-state index in [4.69, 9.17) is 0 Å². The van der Waals surface area contributed by atoms with Gasteiger partial charge >= 0.3 is 0 Å². The van der Waals surface area contributed by atoms with Gasteiger partial charge in [0.1, 0.15) is 5.82 Å². The minimum absolute atomic E-state index is 0.000499. The quantitative estimate of drug-likeness (QED) is 0.464. The molecule has 5 unspecified atom stereocenters. The van der Waals surface area contributed by atoms with Crippen molar-refractivity contribution in [2.45, 2.75) is 89.9 Å². The monoisotopic (exact) mass is 404 g/mol. The Labute approximate surface area is 174 Å². The third-order valence-electron chi connectivity index (χ3n) is 8.07. The fourth-order valence-electron chi connectivity index (χ4n) is 6.46. The maximum atomic E-state index is 15.1. The molecule has 0 aromatic heterocycles. The molecule has 0 radical (unpaired) electrons. The molecule has 5 atom stereocenters. The van der Waals surface area contributed by atoms with Crippen LogP contribution in [0.15, 0.2) is 24.3 Å². The van der Waals surface area contributed by atoms with Crippen LogP contribution in [-0.4, -0.2) is 0 Å². The number of halogens is 3. The molecule has 3 aliphatic rings. The van der Waals surface area contributed by atoms with Crippen LogP contribution in [-0.2, 0) is 12.8 Å². The summed E-state index contributed by atoms with van der Waals surface area (Å²) >= 11 is 0. The Morgan fingerprint density at radius 3 is 2.59 bits per heavy atom. The van der Waals surface area contributed by atoms with Crippen LogP contribution in [0.4, 0.5) is 13.2 Å². The summed E-state index contributed by atoms with van der Waals surface area (Å²) in [7, 11) is 0. The Morgan fingerprint density at radius 2 is 1.79 bits per heavy atom. The normalized spacial score (nSPS) is 31.7. The zero-order chi connectivity index (χ0) is 20.4. The first-order chi connectivity index (χ1) is 14.0. The van der Waals surface area contributed by atoms with Gasteiger partial charge in [0.2, 0.25) is 0 Å². The van der Waals surface area contributed by atoms with Crippen molar-refractivity contribution >= 4 is 0 Å². The summed E-state index contributed by atoms with van der Waals surface area (Å²) in [4.78, 5) is 0. The number of fused-ring (bicyclic) bond motifs is 2. The van der Waals surface area contributed by atoms with Gasteiger partial charge in [-0.25, -0.2) is 4.39 Å². The van der Waals surface area contributed by atoms with E-state index in [1.54, 1.807) is 0 Å². The first-order valence-electron chi connectivity index (χ1n) is 11.9. The number of hydrogen-bond donors (Lipinski definition) is 0. The van der Waals surface area contributed by atoms with Gasteiger partial charge in [-0.1, -0.05) is 32.3 Å². The van der Waals surface area contributed by atoms with Crippen molar-refractivity contribution in [2.75, 3.05) is 0 Å². The predicted octanol–water partition coefficient (Wildman–Crippen LogP) is 8.20. The fourth-order valence-corrected chi connectivity index (χ4v) is 6.46. The van der Waals surface area contributed by atoms with E-state index in [-0.39, 0.29) is 11.7 Å². The maximum Gasteiger partial charge on any atom is 0.266 e. The molecule has 0 aliphatic heterocycles. The van der Waals surface area contributed by atoms with E-state index >= 15 is 4.39 Å². The lowest BCUT2D eigenvalue weighted by Crippen LogP contribution is -2.30. The predicted molar refractivity (Wildman–Crippen MR) is 113 cm³/mol. The molecule has 160 valence electrons. The summed E-state index contributed by atoms with van der Waals surface area (Å²) in [6.45, 7) is 2.24. The Kier molecular flexibility index (Phi) is 6.71. The number of allylic oxidation sites excluding steroid dienone is 1. The number of aryl methyl sites for hydroxylation is 1. The van der Waals surface area contributed by atoms with Crippen molar-refractivity contribution in [3.8, 4) is 0 Å². The second kappa shape index (κ2) is 9.27. The van der Waals surface area contributed by atoms with Crippen LogP contribution in [0.3, 0.4) is 0 Å². The minimum Gasteiger partial charge on any atom is -0.207 e. The van der Waals surface area contributed by atoms with E-state index in [1.165, 1.54) is 42.9 Å². The maximum absolute atomic E-state index is 15.1. The summed E-state index contributed by atoms with van der Waals surface area (Å²) in [5.74, 6) is 2.19. The molecule has 0 spiro atoms. The van der Waals surface area contributed by atoms with Crippen LogP contribution in [0.2, 0.25) is 0 Å². The molecular weight excluding hydrogens is 369 g/mol. The van der Waals surface area contributed by atoms with Crippen LogP contribution in [0.5, 0.6) is 0 Å². The lowest BCUT2D eigenvalue weighted by Gasteiger charge is -2.42. The number of hydrogen-bond acceptors (Lipinski definition) is 0. The van der Waals surface area contributed by atoms with Crippen molar-refractivity contribution in [1.82, 2.24) is 0 Å². The standard InChI is InChI=1S/C26H35F3/c1-2-3-4-17-5-7-21-15-24(25(27)16-23(21)11-17)22-10-9-19-12-18(13-26(28)29)6-8-20(19)14-22/h13,15-20,22H,2-12,14H2,1H3. The SMILES string of the molecule is CCCCC1CCc2cc(C3CCC4CC(C=C(F)F)CCC4C3)c(F)cc2C1. The summed E-state index contributed by atoms with van der Waals surface area (Å²) in [5.41, 5.74) is 3.56. The Bertz CT molecular complexity index is 734. The lowest BCUT2D eigenvalue weighted by molar-refractivity contribution is 0.131. The third-order valence-corrected chi connectivity index (χ3v) is 8.07. The third kappa shape index (κ3) is 4.91. The van der Waals surface area contributed by atoms with Gasteiger partial charge in [0.15, 0.2) is 0 Å². The molecule has 0 saturated heterocycles. The second-order valence-corrected chi connectivity index (χ2v) is 9.95. The van der Waals surface area contributed by atoms with Crippen LogP contribution >= 0.6 is 0 Å². The smallest absolute Gasteiger partial charge is 0.207 e. The molecule has 0 heterocycles. The van der Waals surface area contributed by atoms with Gasteiger partial charge in [0.25, 0.3) is 6.08 Å². The van der Waals surface area contributed by atoms with Gasteiger partial charge in [-0.15, -0.1) is 0 Å². The molecule has 3 aliphatic carbocycles. The number of unbranched alkanes of at least 4 members (excludes halogenated alkanes) is 1. The molecule has 0 nitrogen and oxygen atoms in total. The molecule has 29 heavy (non-hydrogen) atoms. The molecule has 1 aromatic carbocycles. The molecule has 0 bridgehead atoms. The first-order valence-corrected chi connectivity index (χ1v) is 11.9. The lowest BCUT2D eigenvalue weighted by atomic mass is 9.63. The largest absolute Gasteiger partial charge is 0.266 e. The topological polar surface area (TPSA) is 0 Å². The molecule has 3 heteroatoms. The molecular formula is C26H35F3. The summed E-state index contributed by atoms with van der Waals surface area (Å²) in [6.07, 6.45) is 12.7. The molecule has 0 amide bonds. The molecule has 4 rings (SSSR count). The summed E-state index contributed by atoms with van der Waals surface area (Å²) < 4.78 is 40.3. The highest BCUT2D eigenvalue weighted by Crippen LogP contribution is 2.49. The average molecular weight is 405 g/mol. The summed E-state index contributed by atoms with van der Waals surface area (Å²) in [6, 6.07) is 4.04. The highest BCUT2D eigenvalue weighted by Gasteiger charge is 2.36. The van der Waals surface area contributed by atoms with Crippen molar-refractivity contribution < 1.29 is 13.2 Å². The highest BCUT2D eigenvalue weighted by molar-refractivity contribution is 5.37. The second-order valence-electron chi connectivity index (χ2n) is 9.95. The number of benzene rings is 1. The molecule has 2 saturated carbocycles. The van der Waals surface area contributed by atoms with E-state index in [1.807, 2.05) is 6.07 Å². The molecule has 1 aromatic rings. The first kappa shape index (κ1) is 21.0. The Hall–Kier alpha value is -1.25.